The molecule has 0 saturated heterocycles. The highest BCUT2D eigenvalue weighted by Crippen LogP contribution is 2.39. The zero-order valence-corrected chi connectivity index (χ0v) is 21.3. The number of halogens is 1. The highest BCUT2D eigenvalue weighted by molar-refractivity contribution is 7.16. The van der Waals surface area contributed by atoms with Crippen molar-refractivity contribution in [3.63, 3.8) is 0 Å². The average molecular weight is 507 g/mol. The molecule has 0 atom stereocenters. The summed E-state index contributed by atoms with van der Waals surface area (Å²) in [5.74, 6) is 0.256. The third kappa shape index (κ3) is 5.37. The monoisotopic (exact) mass is 506 g/mol. The summed E-state index contributed by atoms with van der Waals surface area (Å²) in [5.41, 5.74) is 1.78. The van der Waals surface area contributed by atoms with Crippen LogP contribution in [0.15, 0.2) is 29.3 Å². The smallest absolute Gasteiger partial charge is 0.325 e. The first-order valence-corrected chi connectivity index (χ1v) is 12.0. The van der Waals surface area contributed by atoms with Crippen LogP contribution in [0.25, 0.3) is 10.2 Å². The lowest BCUT2D eigenvalue weighted by Crippen LogP contribution is -2.22. The lowest BCUT2D eigenvalue weighted by Gasteiger charge is -2.16. The van der Waals surface area contributed by atoms with Gasteiger partial charge in [0.25, 0.3) is 5.91 Å². The van der Waals surface area contributed by atoms with Gasteiger partial charge in [-0.25, -0.2) is 0 Å². The molecule has 1 heterocycles. The van der Waals surface area contributed by atoms with Crippen LogP contribution < -0.4 is 19.0 Å². The second-order valence-electron chi connectivity index (χ2n) is 7.08. The van der Waals surface area contributed by atoms with Crippen LogP contribution in [0.3, 0.4) is 0 Å². The SMILES string of the molecule is CCOc1cc(C(=O)N=c2sc3ccc(Cl)c(C)c3n2CC(=O)OC)cc(OCC)c1OCC. The van der Waals surface area contributed by atoms with Crippen molar-refractivity contribution in [3.05, 3.63) is 45.2 Å². The molecule has 182 valence electrons. The molecule has 1 aromatic heterocycles. The number of hydrogen-bond acceptors (Lipinski definition) is 7. The molecule has 3 rings (SSSR count). The predicted molar refractivity (Wildman–Crippen MR) is 131 cm³/mol. The van der Waals surface area contributed by atoms with E-state index in [1.165, 1.54) is 18.4 Å². The van der Waals surface area contributed by atoms with Gasteiger partial charge >= 0.3 is 5.97 Å². The fourth-order valence-corrected chi connectivity index (χ4v) is 4.64. The van der Waals surface area contributed by atoms with Crippen LogP contribution in [-0.2, 0) is 16.1 Å². The molecule has 3 aromatic rings. The van der Waals surface area contributed by atoms with Crippen molar-refractivity contribution in [2.45, 2.75) is 34.2 Å². The third-order valence-electron chi connectivity index (χ3n) is 4.90. The molecule has 0 saturated carbocycles. The Labute approximate surface area is 206 Å². The molecular weight excluding hydrogens is 480 g/mol. The minimum Gasteiger partial charge on any atom is -0.490 e. The quantitative estimate of drug-likeness (QED) is 0.388. The van der Waals surface area contributed by atoms with Gasteiger partial charge in [-0.2, -0.15) is 4.99 Å². The van der Waals surface area contributed by atoms with Crippen molar-refractivity contribution in [1.82, 2.24) is 4.57 Å². The van der Waals surface area contributed by atoms with Gasteiger partial charge in [-0.3, -0.25) is 9.59 Å². The summed E-state index contributed by atoms with van der Waals surface area (Å²) in [6.07, 6.45) is 0. The molecule has 0 N–H and O–H groups in total. The largest absolute Gasteiger partial charge is 0.490 e. The maximum Gasteiger partial charge on any atom is 0.325 e. The zero-order valence-electron chi connectivity index (χ0n) is 19.8. The minimum atomic E-state index is -0.515. The van der Waals surface area contributed by atoms with E-state index < -0.39 is 11.9 Å². The number of hydrogen-bond donors (Lipinski definition) is 0. The summed E-state index contributed by atoms with van der Waals surface area (Å²) >= 11 is 7.60. The van der Waals surface area contributed by atoms with Gasteiger partial charge in [-0.15, -0.1) is 0 Å². The second-order valence-corrected chi connectivity index (χ2v) is 8.50. The Bertz CT molecular complexity index is 1250. The number of methoxy groups -OCH3 is 1. The van der Waals surface area contributed by atoms with Gasteiger partial charge in [0.05, 0.1) is 37.1 Å². The Balaban J connectivity index is 2.19. The topological polar surface area (TPSA) is 88.4 Å². The molecule has 0 radical (unpaired) electrons. The standard InChI is InChI=1S/C24H27ClN2O6S/c1-6-31-17-11-15(12-18(32-7-2)22(17)33-8-3)23(29)26-24-27(13-20(28)30-5)21-14(4)16(25)9-10-19(21)34-24/h9-12H,6-8,13H2,1-5H3. The molecule has 0 aliphatic heterocycles. The number of carbonyl (C=O) groups excluding carboxylic acids is 2. The first-order valence-electron chi connectivity index (χ1n) is 10.8. The molecule has 10 heteroatoms. The molecule has 0 unspecified atom stereocenters. The number of benzene rings is 2. The van der Waals surface area contributed by atoms with Crippen LogP contribution in [0, 0.1) is 6.92 Å². The first-order chi connectivity index (χ1) is 16.3. The fraction of sp³-hybridized carbons (Fsp3) is 0.375. The van der Waals surface area contributed by atoms with E-state index in [2.05, 4.69) is 4.99 Å². The van der Waals surface area contributed by atoms with Crippen molar-refractivity contribution in [1.29, 1.82) is 0 Å². The van der Waals surface area contributed by atoms with E-state index in [-0.39, 0.29) is 12.1 Å². The van der Waals surface area contributed by atoms with Crippen LogP contribution >= 0.6 is 22.9 Å². The molecule has 34 heavy (non-hydrogen) atoms. The molecule has 0 bridgehead atoms. The molecule has 2 aromatic carbocycles. The Hall–Kier alpha value is -3.04. The maximum atomic E-state index is 13.3. The van der Waals surface area contributed by atoms with Crippen molar-refractivity contribution < 1.29 is 28.5 Å². The van der Waals surface area contributed by atoms with Gasteiger partial charge in [-0.05, 0) is 57.5 Å². The Morgan fingerprint density at radius 1 is 1.03 bits per heavy atom. The van der Waals surface area contributed by atoms with Crippen molar-refractivity contribution >= 4 is 45.0 Å². The summed E-state index contributed by atoms with van der Waals surface area (Å²) in [7, 11) is 1.31. The summed E-state index contributed by atoms with van der Waals surface area (Å²) in [5, 5.41) is 0.552. The van der Waals surface area contributed by atoms with Gasteiger partial charge in [0, 0.05) is 10.6 Å². The number of fused-ring (bicyclic) bond motifs is 1. The van der Waals surface area contributed by atoms with E-state index in [1.54, 1.807) is 22.8 Å². The van der Waals surface area contributed by atoms with Gasteiger partial charge in [-0.1, -0.05) is 22.9 Å². The summed E-state index contributed by atoms with van der Waals surface area (Å²) < 4.78 is 24.5. The number of esters is 1. The number of aromatic nitrogens is 1. The zero-order chi connectivity index (χ0) is 24.8. The molecule has 0 spiro atoms. The first kappa shape index (κ1) is 25.6. The van der Waals surface area contributed by atoms with Crippen LogP contribution in [0.1, 0.15) is 36.7 Å². The van der Waals surface area contributed by atoms with Crippen molar-refractivity contribution in [2.24, 2.45) is 4.99 Å². The van der Waals surface area contributed by atoms with E-state index >= 15 is 0 Å². The van der Waals surface area contributed by atoms with E-state index in [9.17, 15) is 9.59 Å². The van der Waals surface area contributed by atoms with Gasteiger partial charge in [0.15, 0.2) is 16.3 Å². The Kier molecular flexibility index (Phi) is 8.57. The van der Waals surface area contributed by atoms with Crippen LogP contribution in [0.4, 0.5) is 0 Å². The van der Waals surface area contributed by atoms with Gasteiger partial charge in [0.1, 0.15) is 6.54 Å². The van der Waals surface area contributed by atoms with Crippen LogP contribution in [0.2, 0.25) is 5.02 Å². The molecule has 0 fully saturated rings. The maximum absolute atomic E-state index is 13.3. The molecular formula is C24H27ClN2O6S. The summed E-state index contributed by atoms with van der Waals surface area (Å²) in [6.45, 7) is 8.47. The predicted octanol–water partition coefficient (Wildman–Crippen LogP) is 4.77. The second kappa shape index (κ2) is 11.4. The number of thiazole rings is 1. The fourth-order valence-electron chi connectivity index (χ4n) is 3.40. The number of rotatable bonds is 9. The number of aryl methyl sites for hydroxylation is 1. The Morgan fingerprint density at radius 2 is 1.65 bits per heavy atom. The molecule has 0 aliphatic rings. The summed E-state index contributed by atoms with van der Waals surface area (Å²) in [4.78, 5) is 30.1. The molecule has 1 amide bonds. The molecule has 8 nitrogen and oxygen atoms in total. The van der Waals surface area contributed by atoms with E-state index in [0.29, 0.717) is 46.9 Å². The number of amides is 1. The number of nitrogens with zero attached hydrogens (tertiary/aromatic N) is 2. The van der Waals surface area contributed by atoms with Crippen molar-refractivity contribution in [2.75, 3.05) is 26.9 Å². The van der Waals surface area contributed by atoms with Crippen LogP contribution in [-0.4, -0.2) is 43.4 Å². The highest BCUT2D eigenvalue weighted by atomic mass is 35.5. The number of carbonyl (C=O) groups is 2. The summed E-state index contributed by atoms with van der Waals surface area (Å²) in [6, 6.07) is 6.79. The molecule has 0 aliphatic carbocycles. The Morgan fingerprint density at radius 3 is 2.21 bits per heavy atom. The van der Waals surface area contributed by atoms with E-state index in [0.717, 1.165) is 15.8 Å². The minimum absolute atomic E-state index is 0.110. The lowest BCUT2D eigenvalue weighted by atomic mass is 10.1. The number of ether oxygens (including phenoxy) is 4. The van der Waals surface area contributed by atoms with Crippen LogP contribution in [0.5, 0.6) is 17.2 Å². The lowest BCUT2D eigenvalue weighted by molar-refractivity contribution is -0.141. The average Bonchev–Trinajstić information content (AvgIpc) is 3.15. The van der Waals surface area contributed by atoms with E-state index in [1.807, 2.05) is 33.8 Å². The van der Waals surface area contributed by atoms with Crippen molar-refractivity contribution in [3.8, 4) is 17.2 Å². The third-order valence-corrected chi connectivity index (χ3v) is 6.35. The normalized spacial score (nSPS) is 11.5. The van der Waals surface area contributed by atoms with E-state index in [4.69, 9.17) is 30.5 Å². The highest BCUT2D eigenvalue weighted by Gasteiger charge is 2.20. The van der Waals surface area contributed by atoms with Gasteiger partial charge in [0.2, 0.25) is 5.75 Å². The van der Waals surface area contributed by atoms with Gasteiger partial charge < -0.3 is 23.5 Å².